The fourth-order valence-corrected chi connectivity index (χ4v) is 8.84. The van der Waals surface area contributed by atoms with Gasteiger partial charge in [-0.05, 0) is 37.1 Å². The molecule has 0 bridgehead atoms. The Labute approximate surface area is 252 Å². The fourth-order valence-electron chi connectivity index (χ4n) is 4.23. The molecule has 0 atom stereocenters. The molecule has 38 heavy (non-hydrogen) atoms. The average Bonchev–Trinajstić information content (AvgIpc) is 3.68. The second-order valence-electron chi connectivity index (χ2n) is 8.30. The molecule has 6 aromatic carbocycles. The molecule has 0 N–H and O–H groups in total. The summed E-state index contributed by atoms with van der Waals surface area (Å²) in [5, 5.41) is 8.47. The Bertz CT molecular complexity index is 1210. The molecule has 0 aliphatic rings. The molecule has 6 rings (SSSR count). The van der Waals surface area contributed by atoms with Gasteiger partial charge in [0.1, 0.15) is 0 Å². The van der Waals surface area contributed by atoms with Gasteiger partial charge in [0.2, 0.25) is 0 Å². The van der Waals surface area contributed by atoms with E-state index in [1.165, 1.54) is 31.8 Å². The first-order valence-corrected chi connectivity index (χ1v) is 14.8. The first-order valence-electron chi connectivity index (χ1n) is 12.1. The Morgan fingerprint density at radius 3 is 0.816 bits per heavy atom. The molecule has 0 spiro atoms. The molecule has 0 radical (unpaired) electrons. The standard InChI is InChI=1S/2C17H14P.Fe.Os/c2*1-3-9-15(10-4-1)18(17-13-7-8-14-17)16-11-5-2-6-12-16;;/h2*1-14H;;/q2*-1;+2;. The monoisotopic (exact) mass is 746 g/mol. The number of rotatable bonds is 6. The van der Waals surface area contributed by atoms with E-state index >= 15 is 0 Å². The van der Waals surface area contributed by atoms with Crippen LogP contribution in [-0.4, -0.2) is 0 Å². The van der Waals surface area contributed by atoms with Gasteiger partial charge in [-0.1, -0.05) is 121 Å². The quantitative estimate of drug-likeness (QED) is 0.107. The predicted molar refractivity (Wildman–Crippen MR) is 161 cm³/mol. The summed E-state index contributed by atoms with van der Waals surface area (Å²) in [6.07, 6.45) is 0. The van der Waals surface area contributed by atoms with E-state index in [1.54, 1.807) is 0 Å². The first-order chi connectivity index (χ1) is 17.9. The summed E-state index contributed by atoms with van der Waals surface area (Å²) in [6.45, 7) is 0. The molecule has 6 aromatic rings. The second-order valence-corrected chi connectivity index (χ2v) is 12.7. The summed E-state index contributed by atoms with van der Waals surface area (Å²) >= 11 is 0. The Hall–Kier alpha value is -2.40. The van der Waals surface area contributed by atoms with Gasteiger partial charge in [0, 0.05) is 19.8 Å². The maximum absolute atomic E-state index is 2.23. The van der Waals surface area contributed by atoms with E-state index in [0.717, 1.165) is 0 Å². The largest absolute Gasteiger partial charge is 2.00 e. The molecule has 0 unspecified atom stereocenters. The van der Waals surface area contributed by atoms with Crippen LogP contribution < -0.4 is 31.8 Å². The van der Waals surface area contributed by atoms with Crippen LogP contribution in [0.3, 0.4) is 0 Å². The molecule has 0 saturated heterocycles. The van der Waals surface area contributed by atoms with Gasteiger partial charge in [-0.3, -0.25) is 0 Å². The van der Waals surface area contributed by atoms with E-state index in [4.69, 9.17) is 0 Å². The van der Waals surface area contributed by atoms with Crippen molar-refractivity contribution >= 4 is 47.7 Å². The van der Waals surface area contributed by atoms with Crippen LogP contribution in [0.25, 0.3) is 0 Å². The topological polar surface area (TPSA) is 0 Å². The molecular weight excluding hydrogens is 716 g/mol. The minimum absolute atomic E-state index is 0. The third-order valence-corrected chi connectivity index (χ3v) is 10.8. The van der Waals surface area contributed by atoms with Crippen molar-refractivity contribution in [3.05, 3.63) is 170 Å². The van der Waals surface area contributed by atoms with E-state index in [0.29, 0.717) is 0 Å². The maximum Gasteiger partial charge on any atom is 2.00 e. The Balaban J connectivity index is 0.000000200. The normalized spacial score (nSPS) is 10.2. The van der Waals surface area contributed by atoms with Crippen molar-refractivity contribution < 1.29 is 36.9 Å². The van der Waals surface area contributed by atoms with Crippen molar-refractivity contribution in [1.82, 2.24) is 0 Å². The zero-order chi connectivity index (χ0) is 24.4. The van der Waals surface area contributed by atoms with Crippen LogP contribution >= 0.6 is 15.8 Å². The van der Waals surface area contributed by atoms with E-state index < -0.39 is 15.8 Å². The summed E-state index contributed by atoms with van der Waals surface area (Å²) in [4.78, 5) is 0. The van der Waals surface area contributed by atoms with Crippen molar-refractivity contribution in [2.75, 3.05) is 0 Å². The van der Waals surface area contributed by atoms with Crippen LogP contribution in [-0.2, 0) is 36.9 Å². The van der Waals surface area contributed by atoms with Crippen molar-refractivity contribution in [2.45, 2.75) is 0 Å². The van der Waals surface area contributed by atoms with Gasteiger partial charge in [-0.2, -0.15) is 24.3 Å². The maximum atomic E-state index is 2.23. The zero-order valence-corrected chi connectivity index (χ0v) is 26.2. The van der Waals surface area contributed by atoms with Gasteiger partial charge < -0.3 is 0 Å². The van der Waals surface area contributed by atoms with Gasteiger partial charge >= 0.3 is 17.1 Å². The van der Waals surface area contributed by atoms with Crippen molar-refractivity contribution in [1.29, 1.82) is 0 Å². The Morgan fingerprint density at radius 2 is 0.605 bits per heavy atom. The minimum atomic E-state index is -0.409. The Morgan fingerprint density at radius 1 is 0.342 bits per heavy atom. The van der Waals surface area contributed by atoms with Gasteiger partial charge in [-0.15, -0.1) is 10.6 Å². The van der Waals surface area contributed by atoms with Crippen molar-refractivity contribution in [2.24, 2.45) is 0 Å². The summed E-state index contributed by atoms with van der Waals surface area (Å²) in [6, 6.07) is 60.5. The minimum Gasteiger partial charge on any atom is -0.213 e. The summed E-state index contributed by atoms with van der Waals surface area (Å²) in [7, 11) is -0.818. The molecule has 0 aliphatic heterocycles. The molecule has 0 aliphatic carbocycles. The number of hydrogen-bond acceptors (Lipinski definition) is 0. The van der Waals surface area contributed by atoms with E-state index in [1.807, 2.05) is 0 Å². The van der Waals surface area contributed by atoms with Crippen molar-refractivity contribution in [3.8, 4) is 0 Å². The first kappa shape index (κ1) is 30.1. The fraction of sp³-hybridized carbons (Fsp3) is 0. The molecule has 0 aromatic heterocycles. The van der Waals surface area contributed by atoms with E-state index in [2.05, 4.69) is 170 Å². The van der Waals surface area contributed by atoms with Gasteiger partial charge in [0.05, 0.1) is 0 Å². The molecule has 4 heteroatoms. The Kier molecular flexibility index (Phi) is 12.6. The van der Waals surface area contributed by atoms with Crippen molar-refractivity contribution in [3.63, 3.8) is 0 Å². The van der Waals surface area contributed by atoms with E-state index in [9.17, 15) is 0 Å². The summed E-state index contributed by atoms with van der Waals surface area (Å²) < 4.78 is 0. The van der Waals surface area contributed by atoms with Crippen LogP contribution in [0.1, 0.15) is 0 Å². The van der Waals surface area contributed by atoms with Crippen LogP contribution in [0, 0.1) is 0 Å². The summed E-state index contributed by atoms with van der Waals surface area (Å²) in [5.41, 5.74) is 0. The molecule has 0 heterocycles. The number of hydrogen-bond donors (Lipinski definition) is 0. The molecular formula is C34H28FeOsP2. The van der Waals surface area contributed by atoms with Gasteiger partial charge in [-0.25, -0.2) is 24.3 Å². The van der Waals surface area contributed by atoms with Gasteiger partial charge in [0.25, 0.3) is 0 Å². The molecule has 0 amide bonds. The van der Waals surface area contributed by atoms with Crippen LogP contribution in [0.4, 0.5) is 0 Å². The van der Waals surface area contributed by atoms with Gasteiger partial charge in [0.15, 0.2) is 0 Å². The zero-order valence-electron chi connectivity index (χ0n) is 20.8. The molecule has 0 fully saturated rings. The third-order valence-electron chi connectivity index (χ3n) is 5.86. The molecule has 0 saturated carbocycles. The third kappa shape index (κ3) is 7.81. The summed E-state index contributed by atoms with van der Waals surface area (Å²) in [5.74, 6) is 0. The predicted octanol–water partition coefficient (Wildman–Crippen LogP) is 6.32. The van der Waals surface area contributed by atoms with Crippen LogP contribution in [0.5, 0.6) is 0 Å². The molecule has 0 nitrogen and oxygen atoms in total. The molecule has 190 valence electrons. The smallest absolute Gasteiger partial charge is 0.213 e. The average molecular weight is 745 g/mol. The second kappa shape index (κ2) is 15.9. The van der Waals surface area contributed by atoms with Crippen LogP contribution in [0.2, 0.25) is 0 Å². The number of benzene rings is 4. The van der Waals surface area contributed by atoms with E-state index in [-0.39, 0.29) is 36.9 Å². The van der Waals surface area contributed by atoms with Crippen LogP contribution in [0.15, 0.2) is 170 Å². The SMILES string of the molecule is [Fe+2].[Os].c1ccc(P(c2ccccc2)c2ccc[cH-]2)cc1.c1ccc(P(c2ccccc2)c2ccc[cH-]2)cc1.